The van der Waals surface area contributed by atoms with Crippen LogP contribution in [0, 0.1) is 10.1 Å². The van der Waals surface area contributed by atoms with Gasteiger partial charge in [0.2, 0.25) is 0 Å². The van der Waals surface area contributed by atoms with E-state index in [-0.39, 0.29) is 35.2 Å². The third-order valence-electron chi connectivity index (χ3n) is 5.57. The molecule has 2 aliphatic rings. The lowest BCUT2D eigenvalue weighted by atomic mass is 10.0. The molecule has 11 heteroatoms. The molecular formula is C25H22ClN3O6S. The quantitative estimate of drug-likeness (QED) is 0.120. The summed E-state index contributed by atoms with van der Waals surface area (Å²) in [5, 5.41) is 10.6. The van der Waals surface area contributed by atoms with Crippen molar-refractivity contribution in [2.75, 3.05) is 18.7 Å². The zero-order valence-electron chi connectivity index (χ0n) is 19.2. The van der Waals surface area contributed by atoms with Gasteiger partial charge in [-0.25, -0.2) is 4.79 Å². The normalized spacial score (nSPS) is 19.4. The van der Waals surface area contributed by atoms with Gasteiger partial charge in [-0.15, -0.1) is 23.4 Å². The van der Waals surface area contributed by atoms with E-state index in [1.807, 2.05) is 0 Å². The average molecular weight is 528 g/mol. The molecule has 0 aliphatic carbocycles. The van der Waals surface area contributed by atoms with E-state index < -0.39 is 16.9 Å². The summed E-state index contributed by atoms with van der Waals surface area (Å²) in [6.45, 7) is 0.0348. The number of halogens is 1. The molecule has 36 heavy (non-hydrogen) atoms. The average Bonchev–Trinajstić information content (AvgIpc) is 2.90. The summed E-state index contributed by atoms with van der Waals surface area (Å²) in [6, 6.07) is 12.4. The maximum Gasteiger partial charge on any atom is 0.355 e. The number of amides is 1. The molecule has 2 aromatic rings. The molecule has 0 N–H and O–H groups in total. The Morgan fingerprint density at radius 2 is 2.08 bits per heavy atom. The molecule has 2 aromatic carbocycles. The highest BCUT2D eigenvalue weighted by Crippen LogP contribution is 2.42. The first-order chi connectivity index (χ1) is 17.4. The minimum absolute atomic E-state index is 0.0348. The number of nitrogens with zero attached hydrogens (tertiary/aromatic N) is 3. The summed E-state index contributed by atoms with van der Waals surface area (Å²) in [5.41, 5.74) is 2.05. The van der Waals surface area contributed by atoms with Crippen molar-refractivity contribution in [3.8, 4) is 5.75 Å². The molecule has 1 amide bonds. The second-order valence-corrected chi connectivity index (χ2v) is 9.25. The number of allylic oxidation sites excluding steroid dienone is 2. The molecule has 2 aliphatic heterocycles. The van der Waals surface area contributed by atoms with Crippen LogP contribution in [0.15, 0.2) is 76.9 Å². The second-order valence-electron chi connectivity index (χ2n) is 7.84. The number of benzene rings is 2. The number of nitro groups is 1. The number of aliphatic imine (C=N–C) groups is 1. The zero-order chi connectivity index (χ0) is 25.7. The first-order valence-electron chi connectivity index (χ1n) is 10.9. The summed E-state index contributed by atoms with van der Waals surface area (Å²) >= 11 is 7.27. The molecule has 0 bridgehead atoms. The Labute approximate surface area is 216 Å². The van der Waals surface area contributed by atoms with E-state index in [1.54, 1.807) is 55.7 Å². The molecule has 1 fully saturated rings. The number of β-lactam (4-membered cyclic amide) rings is 1. The Hall–Kier alpha value is -3.63. The first kappa shape index (κ1) is 25.5. The number of methoxy groups -OCH3 is 1. The van der Waals surface area contributed by atoms with E-state index in [2.05, 4.69) is 4.99 Å². The molecule has 2 heterocycles. The van der Waals surface area contributed by atoms with Crippen molar-refractivity contribution in [1.82, 2.24) is 4.90 Å². The lowest BCUT2D eigenvalue weighted by Crippen LogP contribution is -2.64. The highest BCUT2D eigenvalue weighted by molar-refractivity contribution is 8.00. The van der Waals surface area contributed by atoms with E-state index in [4.69, 9.17) is 21.1 Å². The van der Waals surface area contributed by atoms with Gasteiger partial charge in [-0.05, 0) is 28.8 Å². The van der Waals surface area contributed by atoms with Crippen molar-refractivity contribution in [2.24, 2.45) is 4.99 Å². The van der Waals surface area contributed by atoms with Crippen LogP contribution in [0.1, 0.15) is 11.1 Å². The van der Waals surface area contributed by atoms with Crippen LogP contribution < -0.4 is 4.74 Å². The van der Waals surface area contributed by atoms with Crippen LogP contribution in [0.2, 0.25) is 0 Å². The first-order valence-corrected chi connectivity index (χ1v) is 12.5. The molecule has 0 aromatic heterocycles. The monoisotopic (exact) mass is 527 g/mol. The summed E-state index contributed by atoms with van der Waals surface area (Å²) in [5.74, 6) is 0.464. The molecule has 1 unspecified atom stereocenters. The molecular weight excluding hydrogens is 506 g/mol. The van der Waals surface area contributed by atoms with Crippen molar-refractivity contribution in [1.29, 1.82) is 0 Å². The van der Waals surface area contributed by atoms with Crippen LogP contribution in [-0.2, 0) is 20.9 Å². The van der Waals surface area contributed by atoms with Gasteiger partial charge in [0.15, 0.2) is 6.04 Å². The predicted molar refractivity (Wildman–Crippen MR) is 137 cm³/mol. The van der Waals surface area contributed by atoms with Crippen LogP contribution in [-0.4, -0.2) is 58.1 Å². The number of carbonyl (C=O) groups excluding carboxylic acids is 2. The zero-order valence-corrected chi connectivity index (χ0v) is 20.8. The number of thioether (sulfide) groups is 1. The van der Waals surface area contributed by atoms with Gasteiger partial charge in [0.25, 0.3) is 11.6 Å². The van der Waals surface area contributed by atoms with E-state index in [9.17, 15) is 19.7 Å². The third kappa shape index (κ3) is 5.44. The highest BCUT2D eigenvalue weighted by atomic mass is 35.5. The summed E-state index contributed by atoms with van der Waals surface area (Å²) < 4.78 is 10.7. The van der Waals surface area contributed by atoms with Gasteiger partial charge in [0.1, 0.15) is 23.4 Å². The molecule has 186 valence electrons. The Balaban J connectivity index is 1.51. The van der Waals surface area contributed by atoms with Crippen LogP contribution in [0.3, 0.4) is 0 Å². The Morgan fingerprint density at radius 3 is 2.78 bits per heavy atom. The maximum absolute atomic E-state index is 13.1. The highest BCUT2D eigenvalue weighted by Gasteiger charge is 2.53. The number of non-ortho nitro benzene ring substituents is 1. The largest absolute Gasteiger partial charge is 0.497 e. The smallest absolute Gasteiger partial charge is 0.355 e. The van der Waals surface area contributed by atoms with Crippen LogP contribution in [0.5, 0.6) is 5.75 Å². The topological polar surface area (TPSA) is 111 Å². The van der Waals surface area contributed by atoms with Crippen molar-refractivity contribution >= 4 is 47.1 Å². The Bertz CT molecular complexity index is 1260. The maximum atomic E-state index is 13.1. The lowest BCUT2D eigenvalue weighted by molar-refractivity contribution is -0.384. The summed E-state index contributed by atoms with van der Waals surface area (Å²) in [6.07, 6.45) is 4.88. The number of rotatable bonds is 9. The number of esters is 1. The van der Waals surface area contributed by atoms with Gasteiger partial charge < -0.3 is 9.47 Å². The fraction of sp³-hybridized carbons (Fsp3) is 0.240. The predicted octanol–water partition coefficient (Wildman–Crippen LogP) is 4.10. The lowest BCUT2D eigenvalue weighted by Gasteiger charge is -2.47. The molecule has 0 radical (unpaired) electrons. The van der Waals surface area contributed by atoms with Crippen LogP contribution >= 0.6 is 23.4 Å². The minimum Gasteiger partial charge on any atom is -0.497 e. The van der Waals surface area contributed by atoms with Gasteiger partial charge in [-0.3, -0.25) is 24.8 Å². The Morgan fingerprint density at radius 1 is 1.31 bits per heavy atom. The van der Waals surface area contributed by atoms with E-state index in [0.29, 0.717) is 22.6 Å². The van der Waals surface area contributed by atoms with E-state index in [0.717, 1.165) is 5.56 Å². The molecule has 4 rings (SSSR count). The fourth-order valence-electron chi connectivity index (χ4n) is 3.76. The van der Waals surface area contributed by atoms with Crippen LogP contribution in [0.25, 0.3) is 0 Å². The third-order valence-corrected chi connectivity index (χ3v) is 7.03. The Kier molecular flexibility index (Phi) is 8.07. The van der Waals surface area contributed by atoms with Gasteiger partial charge >= 0.3 is 5.97 Å². The van der Waals surface area contributed by atoms with Crippen molar-refractivity contribution in [3.05, 3.63) is 93.2 Å². The second kappa shape index (κ2) is 11.4. The SMILES string of the molecule is COc1ccc(COC(=O)C2=C(/C=C\CCl)CS[C@@H]3C(N=Cc4cccc([N+](=O)[O-])c4)C(=O)N23)cc1. The number of fused-ring (bicyclic) bond motifs is 1. The molecule has 2 atom stereocenters. The molecule has 1 saturated heterocycles. The van der Waals surface area contributed by atoms with Crippen LogP contribution in [0.4, 0.5) is 5.69 Å². The molecule has 9 nitrogen and oxygen atoms in total. The number of ether oxygens (including phenoxy) is 2. The van der Waals surface area contributed by atoms with E-state index in [1.165, 1.54) is 35.0 Å². The van der Waals surface area contributed by atoms with Gasteiger partial charge in [-0.2, -0.15) is 0 Å². The number of carbonyl (C=O) groups is 2. The fourth-order valence-corrected chi connectivity index (χ4v) is 5.15. The van der Waals surface area contributed by atoms with E-state index >= 15 is 0 Å². The van der Waals surface area contributed by atoms with Gasteiger partial charge in [-0.1, -0.05) is 36.4 Å². The summed E-state index contributed by atoms with van der Waals surface area (Å²) in [4.78, 5) is 42.5. The number of hydrogen-bond acceptors (Lipinski definition) is 8. The van der Waals surface area contributed by atoms with Crippen molar-refractivity contribution in [2.45, 2.75) is 18.0 Å². The van der Waals surface area contributed by atoms with Gasteiger partial charge in [0, 0.05) is 30.0 Å². The number of hydrogen-bond donors (Lipinski definition) is 0. The minimum atomic E-state index is -0.711. The summed E-state index contributed by atoms with van der Waals surface area (Å²) in [7, 11) is 1.57. The molecule has 0 spiro atoms. The molecule has 0 saturated carbocycles. The standard InChI is InChI=1S/C25H22ClN3O6S/c1-34-20-9-7-16(8-10-20)14-35-25(31)22-18(5-3-11-26)15-36-24-21(23(30)28(22)24)27-13-17-4-2-6-19(12-17)29(32)33/h2-10,12-13,21,24H,11,14-15H2,1H3/b5-3-,27-13?/t21?,24-/m1/s1. The van der Waals surface area contributed by atoms with Crippen molar-refractivity contribution < 1.29 is 24.0 Å². The number of alkyl halides is 1. The van der Waals surface area contributed by atoms with Gasteiger partial charge in [0.05, 0.1) is 12.0 Å². The van der Waals surface area contributed by atoms with Crippen molar-refractivity contribution in [3.63, 3.8) is 0 Å². The number of nitro benzene ring substituents is 1.